The molecule has 1 saturated heterocycles. The van der Waals surface area contributed by atoms with E-state index in [4.69, 9.17) is 4.74 Å². The molecule has 2 aromatic rings. The van der Waals surface area contributed by atoms with Crippen molar-refractivity contribution in [1.29, 1.82) is 0 Å². The minimum Gasteiger partial charge on any atom is -0.381 e. The smallest absolute Gasteiger partial charge is 0.232 e. The van der Waals surface area contributed by atoms with Gasteiger partial charge in [-0.3, -0.25) is 4.79 Å². The number of aromatic nitrogens is 1. The van der Waals surface area contributed by atoms with Crippen LogP contribution in [0.4, 0.5) is 5.69 Å². The van der Waals surface area contributed by atoms with Gasteiger partial charge in [-0.15, -0.1) is 0 Å². The Balaban J connectivity index is 1.93. The number of hydrogen-bond acceptors (Lipinski definition) is 2. The normalized spacial score (nSPS) is 19.4. The van der Waals surface area contributed by atoms with Gasteiger partial charge in [0.05, 0.1) is 12.5 Å². The Morgan fingerprint density at radius 3 is 2.87 bits per heavy atom. The third-order valence-electron chi connectivity index (χ3n) is 4.58. The summed E-state index contributed by atoms with van der Waals surface area (Å²) in [5.41, 5.74) is 2.09. The fourth-order valence-electron chi connectivity index (χ4n) is 3.50. The molecule has 0 spiro atoms. The molecule has 1 aromatic heterocycles. The van der Waals surface area contributed by atoms with Gasteiger partial charge in [-0.2, -0.15) is 0 Å². The summed E-state index contributed by atoms with van der Waals surface area (Å²) in [4.78, 5) is 18.3. The van der Waals surface area contributed by atoms with E-state index >= 15 is 0 Å². The van der Waals surface area contributed by atoms with E-state index in [2.05, 4.69) is 37.9 Å². The van der Waals surface area contributed by atoms with Crippen molar-refractivity contribution >= 4 is 22.5 Å². The van der Waals surface area contributed by atoms with Crippen LogP contribution in [0.15, 0.2) is 30.5 Å². The average molecular weight is 314 g/mol. The minimum atomic E-state index is -0.00784. The number of H-pyrrole nitrogens is 1. The molecule has 1 aliphatic heterocycles. The van der Waals surface area contributed by atoms with Crippen molar-refractivity contribution < 1.29 is 9.53 Å². The molecule has 1 aromatic carbocycles. The zero-order chi connectivity index (χ0) is 16.4. The summed E-state index contributed by atoms with van der Waals surface area (Å²) in [7, 11) is 0. The molecule has 1 amide bonds. The zero-order valence-corrected chi connectivity index (χ0v) is 14.2. The molecule has 0 radical (unpaired) electrons. The number of rotatable bonds is 5. The summed E-state index contributed by atoms with van der Waals surface area (Å²) >= 11 is 0. The first-order chi connectivity index (χ1) is 11.1. The monoisotopic (exact) mass is 314 g/mol. The highest BCUT2D eigenvalue weighted by molar-refractivity contribution is 5.98. The van der Waals surface area contributed by atoms with Gasteiger partial charge >= 0.3 is 0 Å². The van der Waals surface area contributed by atoms with Crippen molar-refractivity contribution in [2.75, 3.05) is 18.1 Å². The van der Waals surface area contributed by atoms with Gasteiger partial charge in [-0.25, -0.2) is 0 Å². The van der Waals surface area contributed by atoms with E-state index in [-0.39, 0.29) is 17.9 Å². The number of ether oxygens (including phenoxy) is 1. The highest BCUT2D eigenvalue weighted by atomic mass is 16.5. The van der Waals surface area contributed by atoms with Crippen molar-refractivity contribution in [2.24, 2.45) is 11.8 Å². The van der Waals surface area contributed by atoms with Gasteiger partial charge in [-0.1, -0.05) is 13.8 Å². The summed E-state index contributed by atoms with van der Waals surface area (Å²) in [6.07, 6.45) is 3.75. The first kappa shape index (κ1) is 16.1. The quantitative estimate of drug-likeness (QED) is 0.907. The Hall–Kier alpha value is -1.81. The summed E-state index contributed by atoms with van der Waals surface area (Å²) < 4.78 is 5.43. The van der Waals surface area contributed by atoms with E-state index in [0.717, 1.165) is 29.4 Å². The van der Waals surface area contributed by atoms with E-state index in [9.17, 15) is 4.79 Å². The largest absolute Gasteiger partial charge is 0.381 e. The van der Waals surface area contributed by atoms with Crippen LogP contribution in [0.5, 0.6) is 0 Å². The molecule has 3 rings (SSSR count). The van der Waals surface area contributed by atoms with Crippen molar-refractivity contribution in [1.82, 2.24) is 4.98 Å². The lowest BCUT2D eigenvalue weighted by atomic mass is 9.99. The first-order valence-electron chi connectivity index (χ1n) is 8.54. The number of nitrogens with one attached hydrogen (secondary N) is 1. The molecule has 0 bridgehead atoms. The van der Waals surface area contributed by atoms with Crippen molar-refractivity contribution in [2.45, 2.75) is 39.7 Å². The number of nitrogens with zero attached hydrogens (tertiary/aromatic N) is 1. The zero-order valence-electron chi connectivity index (χ0n) is 14.2. The predicted molar refractivity (Wildman–Crippen MR) is 93.6 cm³/mol. The Morgan fingerprint density at radius 1 is 1.35 bits per heavy atom. The van der Waals surface area contributed by atoms with Crippen molar-refractivity contribution in [3.63, 3.8) is 0 Å². The Bertz CT molecular complexity index is 671. The van der Waals surface area contributed by atoms with Crippen molar-refractivity contribution in [3.05, 3.63) is 30.5 Å². The molecule has 4 heteroatoms. The SMILES string of the molecule is CC(C)C[C@H](C)N(C(=O)[C@@H]1CCOC1)c1ccc2[nH]ccc2c1. The molecule has 0 saturated carbocycles. The molecule has 4 nitrogen and oxygen atoms in total. The van der Waals surface area contributed by atoms with Gasteiger partial charge in [0.1, 0.15) is 0 Å². The van der Waals surface area contributed by atoms with Gasteiger partial charge in [-0.05, 0) is 49.9 Å². The van der Waals surface area contributed by atoms with Crippen LogP contribution in [0.2, 0.25) is 0 Å². The molecule has 1 N–H and O–H groups in total. The third kappa shape index (κ3) is 3.42. The maximum Gasteiger partial charge on any atom is 0.232 e. The van der Waals surface area contributed by atoms with E-state index < -0.39 is 0 Å². The van der Waals surface area contributed by atoms with Crippen LogP contribution in [-0.2, 0) is 9.53 Å². The maximum atomic E-state index is 13.1. The third-order valence-corrected chi connectivity index (χ3v) is 4.58. The second kappa shape index (κ2) is 6.75. The van der Waals surface area contributed by atoms with Crippen LogP contribution in [0.25, 0.3) is 10.9 Å². The number of fused-ring (bicyclic) bond motifs is 1. The number of benzene rings is 1. The number of carbonyl (C=O) groups is 1. The van der Waals surface area contributed by atoms with Crippen molar-refractivity contribution in [3.8, 4) is 0 Å². The average Bonchev–Trinajstić information content (AvgIpc) is 3.17. The molecule has 0 unspecified atom stereocenters. The number of anilines is 1. The topological polar surface area (TPSA) is 45.3 Å². The van der Waals surface area contributed by atoms with Gasteiger partial charge in [0.25, 0.3) is 0 Å². The molecule has 124 valence electrons. The molecule has 2 heterocycles. The molecular weight excluding hydrogens is 288 g/mol. The van der Waals surface area contributed by atoms with Gasteiger partial charge in [0, 0.05) is 35.4 Å². The van der Waals surface area contributed by atoms with Crippen LogP contribution < -0.4 is 4.90 Å². The van der Waals surface area contributed by atoms with Crippen LogP contribution >= 0.6 is 0 Å². The molecule has 0 aliphatic carbocycles. The fraction of sp³-hybridized carbons (Fsp3) is 0.526. The van der Waals surface area contributed by atoms with Gasteiger partial charge in [0.15, 0.2) is 0 Å². The Morgan fingerprint density at radius 2 is 2.17 bits per heavy atom. The van der Waals surface area contributed by atoms with E-state index in [1.807, 2.05) is 23.2 Å². The van der Waals surface area contributed by atoms with Crippen LogP contribution in [-0.4, -0.2) is 30.1 Å². The molecule has 23 heavy (non-hydrogen) atoms. The predicted octanol–water partition coefficient (Wildman–Crippen LogP) is 3.97. The highest BCUT2D eigenvalue weighted by Gasteiger charge is 2.31. The van der Waals surface area contributed by atoms with Gasteiger partial charge < -0.3 is 14.6 Å². The Labute approximate surface area is 137 Å². The number of carbonyl (C=O) groups excluding carboxylic acids is 1. The molecule has 1 aliphatic rings. The summed E-state index contributed by atoms with van der Waals surface area (Å²) in [5, 5.41) is 1.14. The summed E-state index contributed by atoms with van der Waals surface area (Å²) in [6.45, 7) is 7.80. The minimum absolute atomic E-state index is 0.00784. The van der Waals surface area contributed by atoms with E-state index in [1.165, 1.54) is 0 Å². The Kier molecular flexibility index (Phi) is 4.71. The number of hydrogen-bond donors (Lipinski definition) is 1. The number of aromatic amines is 1. The van der Waals surface area contributed by atoms with Crippen LogP contribution in [0, 0.1) is 11.8 Å². The lowest BCUT2D eigenvalue weighted by molar-refractivity contribution is -0.122. The second-order valence-electron chi connectivity index (χ2n) is 7.00. The molecular formula is C19H26N2O2. The highest BCUT2D eigenvalue weighted by Crippen LogP contribution is 2.28. The summed E-state index contributed by atoms with van der Waals surface area (Å²) in [6, 6.07) is 8.44. The summed E-state index contributed by atoms with van der Waals surface area (Å²) in [5.74, 6) is 0.744. The maximum absolute atomic E-state index is 13.1. The second-order valence-corrected chi connectivity index (χ2v) is 7.00. The lowest BCUT2D eigenvalue weighted by Crippen LogP contribution is -2.43. The van der Waals surface area contributed by atoms with Crippen LogP contribution in [0.3, 0.4) is 0 Å². The lowest BCUT2D eigenvalue weighted by Gasteiger charge is -2.32. The van der Waals surface area contributed by atoms with Crippen LogP contribution in [0.1, 0.15) is 33.6 Å². The molecule has 2 atom stereocenters. The fourth-order valence-corrected chi connectivity index (χ4v) is 3.50. The standard InChI is InChI=1S/C19H26N2O2/c1-13(2)10-14(3)21(19(22)16-7-9-23-12-16)17-4-5-18-15(11-17)6-8-20-18/h4-6,8,11,13-14,16,20H,7,9-10,12H2,1-3H3/t14-,16+/m0/s1. The van der Waals surface area contributed by atoms with Gasteiger partial charge in [0.2, 0.25) is 5.91 Å². The van der Waals surface area contributed by atoms with E-state index in [0.29, 0.717) is 19.1 Å². The van der Waals surface area contributed by atoms with E-state index in [1.54, 1.807) is 0 Å². The molecule has 1 fully saturated rings. The first-order valence-corrected chi connectivity index (χ1v) is 8.54. The number of amides is 1.